The second kappa shape index (κ2) is 14.1. The third kappa shape index (κ3) is 6.64. The summed E-state index contributed by atoms with van der Waals surface area (Å²) in [7, 11) is 0. The average molecular weight is 716 g/mol. The molecule has 4 aliphatic heterocycles. The van der Waals surface area contributed by atoms with Gasteiger partial charge in [0.25, 0.3) is 11.8 Å². The number of rotatable bonds is 10. The third-order valence-electron chi connectivity index (χ3n) is 10.7. The molecule has 2 N–H and O–H groups in total. The minimum absolute atomic E-state index is 0.0313. The lowest BCUT2D eigenvalue weighted by atomic mass is 9.78. The van der Waals surface area contributed by atoms with E-state index in [1.165, 1.54) is 0 Å². The van der Waals surface area contributed by atoms with Crippen molar-refractivity contribution in [2.75, 3.05) is 37.7 Å². The number of piperidine rings is 1. The van der Waals surface area contributed by atoms with Crippen LogP contribution >= 0.6 is 0 Å². The fraction of sp³-hybridized carbons (Fsp3) is 0.341. The molecular formula is C41H41N5O7. The summed E-state index contributed by atoms with van der Waals surface area (Å²) in [5.41, 5.74) is 5.12. The maximum Gasteiger partial charge on any atom is 0.264 e. The van der Waals surface area contributed by atoms with Gasteiger partial charge < -0.3 is 24.4 Å². The van der Waals surface area contributed by atoms with E-state index in [2.05, 4.69) is 59.8 Å². The lowest BCUT2D eigenvalue weighted by Crippen LogP contribution is -2.55. The Balaban J connectivity index is 0.868. The molecule has 0 bridgehead atoms. The van der Waals surface area contributed by atoms with Crippen molar-refractivity contribution in [1.29, 1.82) is 0 Å². The molecule has 4 aromatic rings. The highest BCUT2D eigenvalue weighted by Crippen LogP contribution is 2.37. The van der Waals surface area contributed by atoms with Gasteiger partial charge in [-0.2, -0.15) is 0 Å². The topological polar surface area (TPSA) is 139 Å². The Morgan fingerprint density at radius 2 is 1.62 bits per heavy atom. The van der Waals surface area contributed by atoms with E-state index in [1.807, 2.05) is 41.3 Å². The summed E-state index contributed by atoms with van der Waals surface area (Å²) >= 11 is 0. The molecule has 4 aliphatic rings. The van der Waals surface area contributed by atoms with Crippen LogP contribution in [0.5, 0.6) is 11.5 Å². The van der Waals surface area contributed by atoms with Crippen molar-refractivity contribution in [3.63, 3.8) is 0 Å². The van der Waals surface area contributed by atoms with E-state index >= 15 is 0 Å². The van der Waals surface area contributed by atoms with E-state index in [4.69, 9.17) is 14.2 Å². The van der Waals surface area contributed by atoms with Crippen LogP contribution in [0.15, 0.2) is 85.1 Å². The fourth-order valence-corrected chi connectivity index (χ4v) is 7.53. The van der Waals surface area contributed by atoms with E-state index < -0.39 is 29.7 Å². The van der Waals surface area contributed by atoms with E-state index in [1.54, 1.807) is 18.3 Å². The van der Waals surface area contributed by atoms with Gasteiger partial charge in [-0.25, -0.2) is 0 Å². The van der Waals surface area contributed by atoms with Gasteiger partial charge in [-0.1, -0.05) is 50.2 Å². The molecule has 0 radical (unpaired) electrons. The number of nitrogens with zero attached hydrogens (tertiary/aromatic N) is 3. The first-order valence-corrected chi connectivity index (χ1v) is 18.0. The Hall–Kier alpha value is -5.59. The van der Waals surface area contributed by atoms with Gasteiger partial charge in [0.2, 0.25) is 11.8 Å². The smallest absolute Gasteiger partial charge is 0.264 e. The minimum atomic E-state index is -1.00. The molecule has 8 rings (SSSR count). The number of anilines is 1. The summed E-state index contributed by atoms with van der Waals surface area (Å²) in [6, 6.07) is 24.4. The Morgan fingerprint density at radius 1 is 0.887 bits per heavy atom. The van der Waals surface area contributed by atoms with Crippen molar-refractivity contribution < 1.29 is 33.4 Å². The molecule has 3 fully saturated rings. The van der Waals surface area contributed by atoms with Crippen LogP contribution in [0.2, 0.25) is 0 Å². The summed E-state index contributed by atoms with van der Waals surface area (Å²) in [6.07, 6.45) is 1.84. The van der Waals surface area contributed by atoms with Gasteiger partial charge in [-0.15, -0.1) is 0 Å². The number of hydrogen-bond donors (Lipinski definition) is 2. The first-order valence-electron chi connectivity index (χ1n) is 18.0. The predicted octanol–water partition coefficient (Wildman–Crippen LogP) is 4.32. The van der Waals surface area contributed by atoms with Crippen molar-refractivity contribution in [3.8, 4) is 11.5 Å². The van der Waals surface area contributed by atoms with Crippen LogP contribution in [0.3, 0.4) is 0 Å². The third-order valence-corrected chi connectivity index (χ3v) is 10.7. The van der Waals surface area contributed by atoms with Gasteiger partial charge in [0.1, 0.15) is 30.3 Å². The Labute approximate surface area is 307 Å². The molecule has 2 atom stereocenters. The molecule has 3 aromatic carbocycles. The molecule has 12 heteroatoms. The first kappa shape index (κ1) is 34.5. The Morgan fingerprint density at radius 3 is 2.32 bits per heavy atom. The van der Waals surface area contributed by atoms with E-state index in [0.29, 0.717) is 32.0 Å². The van der Waals surface area contributed by atoms with Crippen molar-refractivity contribution >= 4 is 29.3 Å². The van der Waals surface area contributed by atoms with Crippen LogP contribution in [0.25, 0.3) is 0 Å². The zero-order chi connectivity index (χ0) is 36.7. The number of pyridine rings is 1. The summed E-state index contributed by atoms with van der Waals surface area (Å²) in [4.78, 5) is 58.5. The van der Waals surface area contributed by atoms with E-state index in [9.17, 15) is 19.2 Å². The van der Waals surface area contributed by atoms with Gasteiger partial charge in [0.05, 0.1) is 48.3 Å². The molecule has 0 saturated carbocycles. The number of carbonyl (C=O) groups is 4. The molecule has 53 heavy (non-hydrogen) atoms. The average Bonchev–Trinajstić information content (AvgIpc) is 3.42. The van der Waals surface area contributed by atoms with Gasteiger partial charge in [0.15, 0.2) is 0 Å². The zero-order valence-corrected chi connectivity index (χ0v) is 29.7. The maximum atomic E-state index is 13.5. The Bertz CT molecular complexity index is 2050. The molecule has 12 nitrogen and oxygen atoms in total. The fourth-order valence-electron chi connectivity index (χ4n) is 7.53. The molecule has 0 spiro atoms. The van der Waals surface area contributed by atoms with Crippen molar-refractivity contribution in [2.45, 2.75) is 57.0 Å². The van der Waals surface area contributed by atoms with Crippen LogP contribution in [0.4, 0.5) is 5.69 Å². The van der Waals surface area contributed by atoms with Crippen LogP contribution in [-0.4, -0.2) is 78.4 Å². The number of aromatic nitrogens is 1. The monoisotopic (exact) mass is 715 g/mol. The summed E-state index contributed by atoms with van der Waals surface area (Å²) in [5.74, 6) is -0.539. The molecule has 5 heterocycles. The second-order valence-corrected chi connectivity index (χ2v) is 14.4. The number of hydrogen-bond acceptors (Lipinski definition) is 10. The molecule has 2 unspecified atom stereocenters. The van der Waals surface area contributed by atoms with Gasteiger partial charge in [-0.05, 0) is 60.0 Å². The molecular weight excluding hydrogens is 674 g/mol. The molecule has 1 aromatic heterocycles. The van der Waals surface area contributed by atoms with Crippen LogP contribution in [0.1, 0.15) is 75.9 Å². The first-order chi connectivity index (χ1) is 25.7. The minimum Gasteiger partial charge on any atom is -0.487 e. The summed E-state index contributed by atoms with van der Waals surface area (Å²) in [6.45, 7) is 8.08. The van der Waals surface area contributed by atoms with Gasteiger partial charge in [-0.3, -0.25) is 34.4 Å². The lowest BCUT2D eigenvalue weighted by Gasteiger charge is -2.41. The summed E-state index contributed by atoms with van der Waals surface area (Å²) < 4.78 is 18.4. The van der Waals surface area contributed by atoms with E-state index in [-0.39, 0.29) is 41.6 Å². The van der Waals surface area contributed by atoms with Crippen LogP contribution in [0, 0.1) is 0 Å². The number of carbonyl (C=O) groups excluding carboxylic acids is 4. The number of fused-ring (bicyclic) bond motifs is 1. The number of amides is 4. The normalized spacial score (nSPS) is 20.6. The van der Waals surface area contributed by atoms with Gasteiger partial charge in [0, 0.05) is 36.7 Å². The molecule has 4 amide bonds. The van der Waals surface area contributed by atoms with Crippen LogP contribution < -0.4 is 25.0 Å². The SMILES string of the molecule is CC(C)(c1ccc(OCc2ncccc2C2CNCCO2)cc1)c1ccc(OC2CN(c3cccc4c3C(=O)N(C3CCC(=O)NC3=O)C4=O)C2)cc1. The largest absolute Gasteiger partial charge is 0.487 e. The number of imide groups is 2. The predicted molar refractivity (Wildman–Crippen MR) is 195 cm³/mol. The van der Waals surface area contributed by atoms with E-state index in [0.717, 1.165) is 51.9 Å². The van der Waals surface area contributed by atoms with Crippen molar-refractivity contribution in [2.24, 2.45) is 0 Å². The Kier molecular flexibility index (Phi) is 9.17. The molecule has 0 aliphatic carbocycles. The van der Waals surface area contributed by atoms with Crippen molar-refractivity contribution in [3.05, 3.63) is 119 Å². The lowest BCUT2D eigenvalue weighted by molar-refractivity contribution is -0.136. The summed E-state index contributed by atoms with van der Waals surface area (Å²) in [5, 5.41) is 5.62. The second-order valence-electron chi connectivity index (χ2n) is 14.4. The van der Waals surface area contributed by atoms with Crippen molar-refractivity contribution in [1.82, 2.24) is 20.5 Å². The standard InChI is InChI=1S/C41H41N5O7/c1-41(2,25-8-12-27(13-9-25)52-24-32-30(6-4-18-43-32)35-21-42-19-20-51-35)26-10-14-28(15-11-26)53-29-22-45(23-29)33-7-3-5-31-37(33)40(50)46(39(31)49)34-16-17-36(47)44-38(34)48/h3-15,18,29,34-35,42H,16-17,19-24H2,1-2H3,(H,44,47,48). The highest BCUT2D eigenvalue weighted by Gasteiger charge is 2.47. The highest BCUT2D eigenvalue weighted by molar-refractivity contribution is 6.25. The maximum absolute atomic E-state index is 13.5. The number of morpholine rings is 1. The number of benzene rings is 3. The molecule has 272 valence electrons. The molecule has 3 saturated heterocycles. The number of nitrogens with one attached hydrogen (secondary N) is 2. The number of ether oxygens (including phenoxy) is 3. The quantitative estimate of drug-likeness (QED) is 0.229. The highest BCUT2D eigenvalue weighted by atomic mass is 16.5. The van der Waals surface area contributed by atoms with Gasteiger partial charge >= 0.3 is 0 Å². The van der Waals surface area contributed by atoms with Crippen LogP contribution in [-0.2, 0) is 26.3 Å². The zero-order valence-electron chi connectivity index (χ0n) is 29.7.